The molecule has 19 heavy (non-hydrogen) atoms. The number of nitrogens with one attached hydrogen (secondary N) is 2. The Hall–Kier alpha value is -2.08. The van der Waals surface area contributed by atoms with Crippen LogP contribution >= 0.6 is 0 Å². The third-order valence-electron chi connectivity index (χ3n) is 2.62. The van der Waals surface area contributed by atoms with E-state index in [2.05, 4.69) is 10.6 Å². The molecule has 1 aromatic carbocycles. The zero-order valence-electron chi connectivity index (χ0n) is 11.1. The van der Waals surface area contributed by atoms with E-state index in [1.165, 1.54) is 6.07 Å². The summed E-state index contributed by atoms with van der Waals surface area (Å²) in [4.78, 5) is 22.8. The van der Waals surface area contributed by atoms with Crippen LogP contribution in [0.25, 0.3) is 0 Å². The fraction of sp³-hybridized carbons (Fsp3) is 0.385. The van der Waals surface area contributed by atoms with E-state index in [9.17, 15) is 9.59 Å². The molecule has 0 aliphatic carbocycles. The van der Waals surface area contributed by atoms with Crippen molar-refractivity contribution in [3.8, 4) is 0 Å². The highest BCUT2D eigenvalue weighted by atomic mass is 16.4. The minimum Gasteiger partial charge on any atom is -0.478 e. The van der Waals surface area contributed by atoms with Gasteiger partial charge in [-0.2, -0.15) is 0 Å². The molecule has 0 aliphatic heterocycles. The summed E-state index contributed by atoms with van der Waals surface area (Å²) in [7, 11) is 0. The van der Waals surface area contributed by atoms with Gasteiger partial charge in [0.1, 0.15) is 0 Å². The molecule has 0 radical (unpaired) electrons. The fourth-order valence-corrected chi connectivity index (χ4v) is 1.76. The number of carbonyl (C=O) groups is 2. The van der Waals surface area contributed by atoms with Crippen LogP contribution in [0.3, 0.4) is 0 Å². The molecule has 6 heteroatoms. The van der Waals surface area contributed by atoms with Gasteiger partial charge in [0.05, 0.1) is 11.3 Å². The largest absolute Gasteiger partial charge is 0.478 e. The molecule has 6 nitrogen and oxygen atoms in total. The van der Waals surface area contributed by atoms with E-state index in [4.69, 9.17) is 10.8 Å². The minimum atomic E-state index is -1.07. The van der Waals surface area contributed by atoms with E-state index >= 15 is 0 Å². The monoisotopic (exact) mass is 265 g/mol. The summed E-state index contributed by atoms with van der Waals surface area (Å²) in [6, 6.07) is 2.93. The smallest absolute Gasteiger partial charge is 0.337 e. The third-order valence-corrected chi connectivity index (χ3v) is 2.62. The summed E-state index contributed by atoms with van der Waals surface area (Å²) in [5, 5.41) is 14.3. The second kappa shape index (κ2) is 6.75. The summed E-state index contributed by atoms with van der Waals surface area (Å²) in [5.41, 5.74) is 7.29. The first kappa shape index (κ1) is 15.0. The van der Waals surface area contributed by atoms with Crippen molar-refractivity contribution < 1.29 is 14.7 Å². The molecular weight excluding hydrogens is 246 g/mol. The van der Waals surface area contributed by atoms with Crippen LogP contribution in [0.1, 0.15) is 27.9 Å². The number of carbonyl (C=O) groups excluding carboxylic acids is 1. The Labute approximate surface area is 112 Å². The number of carboxylic acid groups (broad SMARTS) is 1. The highest BCUT2D eigenvalue weighted by Crippen LogP contribution is 2.22. The van der Waals surface area contributed by atoms with Crippen molar-refractivity contribution in [1.82, 2.24) is 5.32 Å². The molecule has 0 atom stereocenters. The molecule has 1 rings (SSSR count). The SMILES string of the molecule is Cc1cc(C)c(NC(=O)NCCCN)c(C(=O)O)c1. The first-order valence-electron chi connectivity index (χ1n) is 6.05. The molecule has 0 saturated carbocycles. The van der Waals surface area contributed by atoms with Crippen LogP contribution in [-0.2, 0) is 0 Å². The van der Waals surface area contributed by atoms with Gasteiger partial charge in [-0.05, 0) is 44.0 Å². The fourth-order valence-electron chi connectivity index (χ4n) is 1.76. The summed E-state index contributed by atoms with van der Waals surface area (Å²) >= 11 is 0. The average molecular weight is 265 g/mol. The van der Waals surface area contributed by atoms with Crippen molar-refractivity contribution in [3.05, 3.63) is 28.8 Å². The van der Waals surface area contributed by atoms with E-state index in [1.54, 1.807) is 6.92 Å². The van der Waals surface area contributed by atoms with E-state index in [1.807, 2.05) is 13.0 Å². The number of aryl methyl sites for hydroxylation is 2. The topological polar surface area (TPSA) is 104 Å². The van der Waals surface area contributed by atoms with Gasteiger partial charge in [-0.1, -0.05) is 6.07 Å². The van der Waals surface area contributed by atoms with Crippen molar-refractivity contribution in [1.29, 1.82) is 0 Å². The van der Waals surface area contributed by atoms with Crippen molar-refractivity contribution in [3.63, 3.8) is 0 Å². The first-order chi connectivity index (χ1) is 8.95. The minimum absolute atomic E-state index is 0.0893. The van der Waals surface area contributed by atoms with Gasteiger partial charge in [0.15, 0.2) is 0 Å². The van der Waals surface area contributed by atoms with Gasteiger partial charge in [-0.3, -0.25) is 0 Å². The predicted molar refractivity (Wildman–Crippen MR) is 73.6 cm³/mol. The highest BCUT2D eigenvalue weighted by molar-refractivity contribution is 6.01. The molecule has 0 aromatic heterocycles. The molecule has 0 unspecified atom stereocenters. The van der Waals surface area contributed by atoms with E-state index in [0.717, 1.165) is 5.56 Å². The Morgan fingerprint density at radius 1 is 1.32 bits per heavy atom. The van der Waals surface area contributed by atoms with Crippen LogP contribution in [0.4, 0.5) is 10.5 Å². The zero-order chi connectivity index (χ0) is 14.4. The van der Waals surface area contributed by atoms with Crippen molar-refractivity contribution in [2.24, 2.45) is 5.73 Å². The third kappa shape index (κ3) is 4.26. The first-order valence-corrected chi connectivity index (χ1v) is 6.05. The number of nitrogens with two attached hydrogens (primary N) is 1. The van der Waals surface area contributed by atoms with Crippen molar-refractivity contribution in [2.45, 2.75) is 20.3 Å². The lowest BCUT2D eigenvalue weighted by molar-refractivity contribution is 0.0698. The number of carboxylic acids is 1. The lowest BCUT2D eigenvalue weighted by Crippen LogP contribution is -2.31. The van der Waals surface area contributed by atoms with Crippen LogP contribution in [0.2, 0.25) is 0 Å². The Balaban J connectivity index is 2.88. The second-order valence-corrected chi connectivity index (χ2v) is 4.33. The number of rotatable bonds is 5. The van der Waals surface area contributed by atoms with Crippen LogP contribution in [0.5, 0.6) is 0 Å². The summed E-state index contributed by atoms with van der Waals surface area (Å²) in [5.74, 6) is -1.07. The quantitative estimate of drug-likeness (QED) is 0.605. The number of hydrogen-bond acceptors (Lipinski definition) is 3. The summed E-state index contributed by atoms with van der Waals surface area (Å²) in [6.45, 7) is 4.51. The van der Waals surface area contributed by atoms with Gasteiger partial charge in [0.2, 0.25) is 0 Å². The lowest BCUT2D eigenvalue weighted by Gasteiger charge is -2.13. The molecule has 5 N–H and O–H groups in total. The molecule has 1 aromatic rings. The Kier molecular flexibility index (Phi) is 5.32. The molecule has 2 amide bonds. The van der Waals surface area contributed by atoms with Crippen LogP contribution in [0, 0.1) is 13.8 Å². The van der Waals surface area contributed by atoms with Gasteiger partial charge in [-0.15, -0.1) is 0 Å². The molecule has 0 spiro atoms. The maximum absolute atomic E-state index is 11.6. The summed E-state index contributed by atoms with van der Waals surface area (Å²) in [6.07, 6.45) is 0.673. The maximum atomic E-state index is 11.6. The van der Waals surface area contributed by atoms with Crippen molar-refractivity contribution in [2.75, 3.05) is 18.4 Å². The molecule has 0 heterocycles. The standard InChI is InChI=1S/C13H19N3O3/c1-8-6-9(2)11(10(7-8)12(17)18)16-13(19)15-5-3-4-14/h6-7H,3-5,14H2,1-2H3,(H,17,18)(H2,15,16,19). The number of benzene rings is 1. The molecular formula is C13H19N3O3. The molecule has 0 bridgehead atoms. The van der Waals surface area contributed by atoms with Gasteiger partial charge in [0.25, 0.3) is 0 Å². The number of urea groups is 1. The van der Waals surface area contributed by atoms with Crippen LogP contribution in [0.15, 0.2) is 12.1 Å². The highest BCUT2D eigenvalue weighted by Gasteiger charge is 2.15. The van der Waals surface area contributed by atoms with Crippen LogP contribution < -0.4 is 16.4 Å². The van der Waals surface area contributed by atoms with E-state index in [0.29, 0.717) is 30.8 Å². The van der Waals surface area contributed by atoms with E-state index in [-0.39, 0.29) is 5.56 Å². The Morgan fingerprint density at radius 3 is 2.58 bits per heavy atom. The zero-order valence-corrected chi connectivity index (χ0v) is 11.1. The van der Waals surface area contributed by atoms with Crippen LogP contribution in [-0.4, -0.2) is 30.2 Å². The predicted octanol–water partition coefficient (Wildman–Crippen LogP) is 1.47. The lowest BCUT2D eigenvalue weighted by atomic mass is 10.0. The van der Waals surface area contributed by atoms with Gasteiger partial charge in [-0.25, -0.2) is 9.59 Å². The molecule has 0 fully saturated rings. The molecule has 104 valence electrons. The average Bonchev–Trinajstić information content (AvgIpc) is 2.32. The van der Waals surface area contributed by atoms with E-state index < -0.39 is 12.0 Å². The molecule has 0 saturated heterocycles. The van der Waals surface area contributed by atoms with Gasteiger partial charge >= 0.3 is 12.0 Å². The number of anilines is 1. The number of hydrogen-bond donors (Lipinski definition) is 4. The normalized spacial score (nSPS) is 10.1. The number of amides is 2. The van der Waals surface area contributed by atoms with Crippen molar-refractivity contribution >= 4 is 17.7 Å². The second-order valence-electron chi connectivity index (χ2n) is 4.33. The number of aromatic carboxylic acids is 1. The van der Waals surface area contributed by atoms with Gasteiger partial charge < -0.3 is 21.5 Å². The molecule has 0 aliphatic rings. The van der Waals surface area contributed by atoms with Gasteiger partial charge in [0, 0.05) is 6.54 Å². The Morgan fingerprint density at radius 2 is 2.00 bits per heavy atom. The Bertz CT molecular complexity index is 486. The summed E-state index contributed by atoms with van der Waals surface area (Å²) < 4.78 is 0. The maximum Gasteiger partial charge on any atom is 0.337 e.